The van der Waals surface area contributed by atoms with Gasteiger partial charge in [0.2, 0.25) is 35.4 Å². The molecule has 0 unspecified atom stereocenters. The van der Waals surface area contributed by atoms with Gasteiger partial charge in [0.25, 0.3) is 0 Å². The Morgan fingerprint density at radius 2 is 1.24 bits per heavy atom. The van der Waals surface area contributed by atoms with E-state index < -0.39 is 133 Å². The number of aromatic nitrogens is 2. The van der Waals surface area contributed by atoms with Crippen LogP contribution in [0.2, 0.25) is 0 Å². The molecule has 0 bridgehead atoms. The van der Waals surface area contributed by atoms with Gasteiger partial charge in [-0.1, -0.05) is 0 Å². The van der Waals surface area contributed by atoms with E-state index in [4.69, 9.17) is 15.9 Å². The Bertz CT molecular complexity index is 1720. The highest BCUT2D eigenvalue weighted by Gasteiger charge is 2.41. The number of likely N-dealkylation sites (tertiary alicyclic amines) is 2. The summed E-state index contributed by atoms with van der Waals surface area (Å²) in [5.74, 6) is -10.7. The molecule has 1 aromatic rings. The zero-order valence-electron chi connectivity index (χ0n) is 32.2. The van der Waals surface area contributed by atoms with Crippen LogP contribution in [0.25, 0.3) is 0 Å². The zero-order valence-corrected chi connectivity index (χ0v) is 32.2. The standard InChI is InChI=1S/C35H51N9O15/c1-17(45)28(32(55)39-20(7-10-26(48)49)34(57)44-13-3-5-24(44)30(53)40-21(35(58)59)8-11-27(50)51)42-29(52)22(14-18-15-37-16-38-18)41-31(54)23-4-2-12-43(23)33(56)19(36)6-9-25(46)47/h15-17,19-24,28,45H,2-14,36H2,1H3,(H,37,38)(H,39,55)(H,40,53)(H,41,54)(H,42,52)(H,46,47)(H,48,49)(H,50,51)(H,58,59)/t17-,19+,20+,21+,22+,23+,24+,28+/m1/s1. The fourth-order valence-electron chi connectivity index (χ4n) is 6.75. The number of hydrogen-bond donors (Lipinski definition) is 11. The molecule has 24 nitrogen and oxygen atoms in total. The fourth-order valence-corrected chi connectivity index (χ4v) is 6.75. The number of nitrogens with two attached hydrogens (primary N) is 1. The van der Waals surface area contributed by atoms with Crippen LogP contribution < -0.4 is 27.0 Å². The number of aromatic amines is 1. The molecular formula is C35H51N9O15. The van der Waals surface area contributed by atoms with Gasteiger partial charge in [-0.3, -0.25) is 43.2 Å². The van der Waals surface area contributed by atoms with Crippen molar-refractivity contribution in [1.82, 2.24) is 41.0 Å². The molecule has 0 radical (unpaired) electrons. The molecule has 2 aliphatic heterocycles. The lowest BCUT2D eigenvalue weighted by atomic mass is 10.0. The van der Waals surface area contributed by atoms with Gasteiger partial charge in [0.05, 0.1) is 18.5 Å². The van der Waals surface area contributed by atoms with E-state index in [1.807, 2.05) is 0 Å². The van der Waals surface area contributed by atoms with Gasteiger partial charge in [-0.15, -0.1) is 0 Å². The summed E-state index contributed by atoms with van der Waals surface area (Å²) in [7, 11) is 0. The maximum absolute atomic E-state index is 13.8. The smallest absolute Gasteiger partial charge is 0.326 e. The third-order valence-electron chi connectivity index (χ3n) is 9.86. The van der Waals surface area contributed by atoms with Gasteiger partial charge in [0.1, 0.15) is 36.3 Å². The Morgan fingerprint density at radius 1 is 0.729 bits per heavy atom. The fraction of sp³-hybridized carbons (Fsp3) is 0.629. The molecule has 0 aromatic carbocycles. The first-order chi connectivity index (χ1) is 27.8. The van der Waals surface area contributed by atoms with Crippen LogP contribution in [0.5, 0.6) is 0 Å². The van der Waals surface area contributed by atoms with Gasteiger partial charge < -0.3 is 67.3 Å². The topological polar surface area (TPSA) is 381 Å². The normalized spacial score (nSPS) is 19.3. The number of carboxylic acids is 4. The second-order valence-corrected chi connectivity index (χ2v) is 14.3. The number of carboxylic acid groups (broad SMARTS) is 4. The van der Waals surface area contributed by atoms with Crippen molar-refractivity contribution < 1.29 is 73.5 Å². The number of amides is 6. The Labute approximate surface area is 336 Å². The molecule has 326 valence electrons. The molecule has 6 amide bonds. The number of rotatable bonds is 23. The minimum Gasteiger partial charge on any atom is -0.481 e. The molecule has 1 aromatic heterocycles. The van der Waals surface area contributed by atoms with Crippen molar-refractivity contribution in [3.63, 3.8) is 0 Å². The summed E-state index contributed by atoms with van der Waals surface area (Å²) in [6.07, 6.45) is -1.00. The van der Waals surface area contributed by atoms with Crippen molar-refractivity contribution in [2.45, 2.75) is 126 Å². The van der Waals surface area contributed by atoms with Crippen LogP contribution >= 0.6 is 0 Å². The van der Waals surface area contributed by atoms with E-state index in [-0.39, 0.29) is 51.6 Å². The zero-order chi connectivity index (χ0) is 44.0. The van der Waals surface area contributed by atoms with Crippen LogP contribution in [-0.2, 0) is 54.4 Å². The second-order valence-electron chi connectivity index (χ2n) is 14.3. The van der Waals surface area contributed by atoms with Crippen molar-refractivity contribution in [1.29, 1.82) is 0 Å². The number of aliphatic hydroxyl groups is 1. The number of hydrogen-bond acceptors (Lipinski definition) is 13. The number of aliphatic carboxylic acids is 4. The molecule has 0 aliphatic carbocycles. The Morgan fingerprint density at radius 3 is 1.73 bits per heavy atom. The first kappa shape index (κ1) is 47.2. The number of aliphatic hydroxyl groups excluding tert-OH is 1. The number of H-pyrrole nitrogens is 1. The SMILES string of the molecule is C[C@@H](O)[C@H](NC(=O)[C@H](Cc1cnc[nH]1)NC(=O)[C@@H]1CCCN1C(=O)[C@@H](N)CCC(=O)O)C(=O)N[C@@H](CCC(=O)O)C(=O)N1CCC[C@H]1C(=O)N[C@@H](CCC(=O)O)C(=O)O. The molecule has 2 fully saturated rings. The van der Waals surface area contributed by atoms with E-state index in [0.29, 0.717) is 12.1 Å². The van der Waals surface area contributed by atoms with E-state index in [1.165, 1.54) is 17.4 Å². The summed E-state index contributed by atoms with van der Waals surface area (Å²) in [5.41, 5.74) is 6.28. The predicted molar refractivity (Wildman–Crippen MR) is 197 cm³/mol. The molecule has 3 rings (SSSR count). The monoisotopic (exact) mass is 837 g/mol. The van der Waals surface area contributed by atoms with Crippen molar-refractivity contribution in [3.05, 3.63) is 18.2 Å². The summed E-state index contributed by atoms with van der Waals surface area (Å²) in [6, 6.07) is -10.0. The van der Waals surface area contributed by atoms with E-state index in [9.17, 15) is 63.3 Å². The summed E-state index contributed by atoms with van der Waals surface area (Å²) in [4.78, 5) is 135. The first-order valence-corrected chi connectivity index (χ1v) is 18.9. The minimum absolute atomic E-state index is 0.0485. The van der Waals surface area contributed by atoms with Gasteiger partial charge in [-0.25, -0.2) is 9.78 Å². The largest absolute Gasteiger partial charge is 0.481 e. The highest BCUT2D eigenvalue weighted by molar-refractivity contribution is 5.97. The van der Waals surface area contributed by atoms with Crippen LogP contribution in [0.4, 0.5) is 0 Å². The molecule has 24 heteroatoms. The Hall–Kier alpha value is -6.17. The van der Waals surface area contributed by atoms with E-state index in [1.54, 1.807) is 0 Å². The number of nitrogens with one attached hydrogen (secondary N) is 5. The summed E-state index contributed by atoms with van der Waals surface area (Å²) < 4.78 is 0. The van der Waals surface area contributed by atoms with Gasteiger partial charge in [-0.2, -0.15) is 0 Å². The van der Waals surface area contributed by atoms with Gasteiger partial charge in [0, 0.05) is 50.7 Å². The van der Waals surface area contributed by atoms with Crippen molar-refractivity contribution in [2.24, 2.45) is 5.73 Å². The molecule has 59 heavy (non-hydrogen) atoms. The van der Waals surface area contributed by atoms with Crippen molar-refractivity contribution >= 4 is 59.3 Å². The molecule has 0 saturated carbocycles. The summed E-state index contributed by atoms with van der Waals surface area (Å²) >= 11 is 0. The van der Waals surface area contributed by atoms with Crippen molar-refractivity contribution in [3.8, 4) is 0 Å². The maximum Gasteiger partial charge on any atom is 0.326 e. The van der Waals surface area contributed by atoms with Gasteiger partial charge in [-0.05, 0) is 51.9 Å². The van der Waals surface area contributed by atoms with E-state index in [0.717, 1.165) is 11.8 Å². The minimum atomic E-state index is -1.80. The molecule has 8 atom stereocenters. The van der Waals surface area contributed by atoms with Crippen LogP contribution in [0.3, 0.4) is 0 Å². The molecule has 3 heterocycles. The number of nitrogens with zero attached hydrogens (tertiary/aromatic N) is 3. The number of carbonyl (C=O) groups excluding carboxylic acids is 6. The quantitative estimate of drug-likeness (QED) is 0.0504. The Kier molecular flexibility index (Phi) is 17.7. The van der Waals surface area contributed by atoms with E-state index in [2.05, 4.69) is 31.2 Å². The lowest BCUT2D eigenvalue weighted by molar-refractivity contribution is -0.146. The van der Waals surface area contributed by atoms with Crippen LogP contribution in [0.15, 0.2) is 12.5 Å². The number of carbonyl (C=O) groups is 10. The predicted octanol–water partition coefficient (Wildman–Crippen LogP) is -3.74. The molecule has 0 spiro atoms. The average molecular weight is 838 g/mol. The third kappa shape index (κ3) is 14.0. The lowest BCUT2D eigenvalue weighted by Gasteiger charge is -2.31. The summed E-state index contributed by atoms with van der Waals surface area (Å²) in [5, 5.41) is 56.9. The van der Waals surface area contributed by atoms with Crippen LogP contribution in [0.1, 0.15) is 76.8 Å². The second kappa shape index (κ2) is 22.1. The Balaban J connectivity index is 1.79. The molecular weight excluding hydrogens is 786 g/mol. The first-order valence-electron chi connectivity index (χ1n) is 18.9. The highest BCUT2D eigenvalue weighted by atomic mass is 16.4. The lowest BCUT2D eigenvalue weighted by Crippen LogP contribution is -2.61. The molecule has 12 N–H and O–H groups in total. The summed E-state index contributed by atoms with van der Waals surface area (Å²) in [6.45, 7) is 1.23. The van der Waals surface area contributed by atoms with Crippen LogP contribution in [0, 0.1) is 0 Å². The number of imidazole rings is 1. The third-order valence-corrected chi connectivity index (χ3v) is 9.86. The van der Waals surface area contributed by atoms with Crippen molar-refractivity contribution in [2.75, 3.05) is 13.1 Å². The molecule has 2 saturated heterocycles. The van der Waals surface area contributed by atoms with Crippen LogP contribution in [-0.4, -0.2) is 166 Å². The maximum atomic E-state index is 13.8. The highest BCUT2D eigenvalue weighted by Crippen LogP contribution is 2.22. The molecule has 2 aliphatic rings. The van der Waals surface area contributed by atoms with Gasteiger partial charge >= 0.3 is 23.9 Å². The average Bonchev–Trinajstić information content (AvgIpc) is 3.97. The van der Waals surface area contributed by atoms with Gasteiger partial charge in [0.15, 0.2) is 0 Å². The van der Waals surface area contributed by atoms with E-state index >= 15 is 0 Å².